The minimum Gasteiger partial charge on any atom is -0.277 e. The molecule has 7 heteroatoms. The fraction of sp³-hybridized carbons (Fsp3) is 0.0625. The van der Waals surface area contributed by atoms with Gasteiger partial charge in [0.2, 0.25) is 0 Å². The summed E-state index contributed by atoms with van der Waals surface area (Å²) in [6, 6.07) is 9.21. The number of H-pyrrole nitrogens is 1. The fourth-order valence-corrected chi connectivity index (χ4v) is 2.84. The summed E-state index contributed by atoms with van der Waals surface area (Å²) in [7, 11) is 0. The number of halogens is 1. The van der Waals surface area contributed by atoms with Crippen molar-refractivity contribution < 1.29 is 4.79 Å². The van der Waals surface area contributed by atoms with E-state index >= 15 is 0 Å². The molecular formula is C16H13ClN4OS. The topological polar surface area (TPSA) is 70.1 Å². The van der Waals surface area contributed by atoms with Crippen LogP contribution in [0.4, 0.5) is 0 Å². The Bertz CT molecular complexity index is 851. The number of aryl methyl sites for hydroxylation is 1. The average Bonchev–Trinajstić information content (AvgIpc) is 3.17. The van der Waals surface area contributed by atoms with Gasteiger partial charge in [-0.15, -0.1) is 11.3 Å². The number of nitrogens with one attached hydrogen (secondary N) is 2. The number of rotatable bonds is 4. The molecule has 1 aromatic carbocycles. The summed E-state index contributed by atoms with van der Waals surface area (Å²) in [4.78, 5) is 13.0. The molecule has 2 N–H and O–H groups in total. The summed E-state index contributed by atoms with van der Waals surface area (Å²) in [5.74, 6) is -0.234. The number of nitrogens with zero attached hydrogens (tertiary/aromatic N) is 2. The van der Waals surface area contributed by atoms with Crippen molar-refractivity contribution in [2.24, 2.45) is 5.10 Å². The van der Waals surface area contributed by atoms with E-state index in [0.29, 0.717) is 10.6 Å². The van der Waals surface area contributed by atoms with E-state index in [2.05, 4.69) is 20.7 Å². The van der Waals surface area contributed by atoms with E-state index in [0.717, 1.165) is 21.7 Å². The minimum atomic E-state index is -0.234. The Morgan fingerprint density at radius 3 is 2.87 bits per heavy atom. The summed E-state index contributed by atoms with van der Waals surface area (Å²) in [5.41, 5.74) is 5.64. The molecule has 0 aliphatic rings. The highest BCUT2D eigenvalue weighted by molar-refractivity contribution is 7.10. The molecule has 0 atom stereocenters. The first kappa shape index (κ1) is 15.5. The highest BCUT2D eigenvalue weighted by atomic mass is 35.5. The van der Waals surface area contributed by atoms with Gasteiger partial charge in [0.15, 0.2) is 0 Å². The van der Waals surface area contributed by atoms with Crippen LogP contribution in [0.15, 0.2) is 47.0 Å². The normalized spacial score (nSPS) is 11.0. The lowest BCUT2D eigenvalue weighted by molar-refractivity contribution is 0.0955. The standard InChI is InChI=1S/C16H13ClN4OS/c1-10-6-12(9-23-10)16(22)21-19-8-13-7-18-20-15(13)11-2-4-14(17)5-3-11/h2-9H,1H3,(H,18,20)(H,21,22)/b19-8+. The van der Waals surface area contributed by atoms with E-state index in [4.69, 9.17) is 11.6 Å². The van der Waals surface area contributed by atoms with Gasteiger partial charge in [-0.1, -0.05) is 23.7 Å². The minimum absolute atomic E-state index is 0.234. The predicted octanol–water partition coefficient (Wildman–Crippen LogP) is 3.86. The van der Waals surface area contributed by atoms with Gasteiger partial charge in [-0.2, -0.15) is 10.2 Å². The molecule has 0 saturated carbocycles. The number of thiophene rings is 1. The lowest BCUT2D eigenvalue weighted by Gasteiger charge is -2.00. The number of hydrazone groups is 1. The van der Waals surface area contributed by atoms with Crippen molar-refractivity contribution in [3.8, 4) is 11.3 Å². The van der Waals surface area contributed by atoms with Crippen LogP contribution in [-0.2, 0) is 0 Å². The third-order valence-corrected chi connectivity index (χ3v) is 4.28. The van der Waals surface area contributed by atoms with Gasteiger partial charge < -0.3 is 0 Å². The molecule has 2 aromatic heterocycles. The quantitative estimate of drug-likeness (QED) is 0.557. The number of carbonyl (C=O) groups is 1. The van der Waals surface area contributed by atoms with E-state index in [1.807, 2.05) is 25.1 Å². The van der Waals surface area contributed by atoms with Crippen LogP contribution in [0.2, 0.25) is 5.02 Å². The molecule has 0 saturated heterocycles. The van der Waals surface area contributed by atoms with Gasteiger partial charge in [0.05, 0.1) is 23.7 Å². The first-order valence-corrected chi connectivity index (χ1v) is 8.07. The lowest BCUT2D eigenvalue weighted by atomic mass is 10.1. The van der Waals surface area contributed by atoms with Crippen LogP contribution in [0.25, 0.3) is 11.3 Å². The van der Waals surface area contributed by atoms with Gasteiger partial charge in [0, 0.05) is 26.4 Å². The molecule has 3 rings (SSSR count). The summed E-state index contributed by atoms with van der Waals surface area (Å²) >= 11 is 7.42. The molecule has 0 fully saturated rings. The summed E-state index contributed by atoms with van der Waals surface area (Å²) in [6.07, 6.45) is 3.21. The summed E-state index contributed by atoms with van der Waals surface area (Å²) in [5, 5.41) is 13.4. The number of aromatic nitrogens is 2. The molecule has 0 radical (unpaired) electrons. The molecule has 0 spiro atoms. The van der Waals surface area contributed by atoms with Gasteiger partial charge in [0.25, 0.3) is 5.91 Å². The fourth-order valence-electron chi connectivity index (χ4n) is 2.03. The zero-order valence-corrected chi connectivity index (χ0v) is 13.8. The largest absolute Gasteiger partial charge is 0.277 e. The second-order valence-electron chi connectivity index (χ2n) is 4.85. The molecule has 0 aliphatic carbocycles. The van der Waals surface area contributed by atoms with Crippen molar-refractivity contribution in [2.75, 3.05) is 0 Å². The monoisotopic (exact) mass is 344 g/mol. The van der Waals surface area contributed by atoms with E-state index in [1.165, 1.54) is 11.3 Å². The van der Waals surface area contributed by atoms with Crippen molar-refractivity contribution in [3.05, 3.63) is 62.9 Å². The van der Waals surface area contributed by atoms with Gasteiger partial charge in [0.1, 0.15) is 0 Å². The number of benzene rings is 1. The van der Waals surface area contributed by atoms with Gasteiger partial charge in [-0.3, -0.25) is 9.89 Å². The Morgan fingerprint density at radius 1 is 1.39 bits per heavy atom. The zero-order chi connectivity index (χ0) is 16.2. The van der Waals surface area contributed by atoms with Crippen LogP contribution in [-0.4, -0.2) is 22.3 Å². The number of aromatic amines is 1. The van der Waals surface area contributed by atoms with E-state index in [1.54, 1.807) is 29.9 Å². The molecule has 3 aromatic rings. The SMILES string of the molecule is Cc1cc(C(=O)N/N=C/c2cn[nH]c2-c2ccc(Cl)cc2)cs1. The van der Waals surface area contributed by atoms with Crippen LogP contribution >= 0.6 is 22.9 Å². The van der Waals surface area contributed by atoms with E-state index in [-0.39, 0.29) is 5.91 Å². The number of amides is 1. The smallest absolute Gasteiger partial charge is 0.272 e. The van der Waals surface area contributed by atoms with Gasteiger partial charge >= 0.3 is 0 Å². The third-order valence-electron chi connectivity index (χ3n) is 3.16. The van der Waals surface area contributed by atoms with Crippen molar-refractivity contribution in [3.63, 3.8) is 0 Å². The third kappa shape index (κ3) is 3.67. The first-order chi connectivity index (χ1) is 11.1. The highest BCUT2D eigenvalue weighted by Crippen LogP contribution is 2.21. The van der Waals surface area contributed by atoms with Crippen LogP contribution in [0, 0.1) is 6.92 Å². The Kier molecular flexibility index (Phi) is 4.55. The molecule has 2 heterocycles. The number of hydrogen-bond donors (Lipinski definition) is 2. The molecule has 23 heavy (non-hydrogen) atoms. The number of hydrogen-bond acceptors (Lipinski definition) is 4. The second-order valence-corrected chi connectivity index (χ2v) is 6.40. The highest BCUT2D eigenvalue weighted by Gasteiger charge is 2.07. The van der Waals surface area contributed by atoms with Crippen molar-refractivity contribution in [2.45, 2.75) is 6.92 Å². The molecule has 116 valence electrons. The maximum atomic E-state index is 11.9. The summed E-state index contributed by atoms with van der Waals surface area (Å²) in [6.45, 7) is 1.95. The van der Waals surface area contributed by atoms with Crippen LogP contribution in [0.3, 0.4) is 0 Å². The van der Waals surface area contributed by atoms with Crippen LogP contribution < -0.4 is 5.43 Å². The Balaban J connectivity index is 1.72. The molecular weight excluding hydrogens is 332 g/mol. The Hall–Kier alpha value is -2.44. The average molecular weight is 345 g/mol. The Labute approximate surface area is 142 Å². The van der Waals surface area contributed by atoms with Crippen molar-refractivity contribution >= 4 is 35.1 Å². The predicted molar refractivity (Wildman–Crippen MR) is 93.1 cm³/mol. The molecule has 1 amide bonds. The Morgan fingerprint density at radius 2 is 2.17 bits per heavy atom. The molecule has 0 aliphatic heterocycles. The molecule has 0 unspecified atom stereocenters. The number of carbonyl (C=O) groups excluding carboxylic acids is 1. The first-order valence-electron chi connectivity index (χ1n) is 6.81. The second kappa shape index (κ2) is 6.76. The zero-order valence-electron chi connectivity index (χ0n) is 12.2. The maximum Gasteiger partial charge on any atom is 0.272 e. The summed E-state index contributed by atoms with van der Waals surface area (Å²) < 4.78 is 0. The molecule has 5 nitrogen and oxygen atoms in total. The van der Waals surface area contributed by atoms with E-state index < -0.39 is 0 Å². The van der Waals surface area contributed by atoms with Gasteiger partial charge in [-0.05, 0) is 25.1 Å². The van der Waals surface area contributed by atoms with Crippen molar-refractivity contribution in [1.82, 2.24) is 15.6 Å². The lowest BCUT2D eigenvalue weighted by Crippen LogP contribution is -2.16. The van der Waals surface area contributed by atoms with Gasteiger partial charge in [-0.25, -0.2) is 5.43 Å². The van der Waals surface area contributed by atoms with E-state index in [9.17, 15) is 4.79 Å². The van der Waals surface area contributed by atoms with Crippen molar-refractivity contribution in [1.29, 1.82) is 0 Å². The molecule has 0 bridgehead atoms. The van der Waals surface area contributed by atoms with Crippen LogP contribution in [0.1, 0.15) is 20.8 Å². The van der Waals surface area contributed by atoms with Crippen LogP contribution in [0.5, 0.6) is 0 Å². The maximum absolute atomic E-state index is 11.9.